The molecule has 4 aromatic rings. The minimum absolute atomic E-state index is 0.346. The maximum Gasteiger partial charge on any atom is 0.325 e. The number of amides is 2. The standard InChI is InChI=1S/C20H17N7OS/c28-19(26-17-6-2-5-16-18(17)25-11-24-16)27-20-21-9-12(29-20)7-8-15-13-3-1-4-14(13)22-10-23-15/h1-2,4-6,9-11H,3,7-8H2,(H,24,25)(H2,21,26,27,28). The van der Waals surface area contributed by atoms with Crippen LogP contribution < -0.4 is 10.6 Å². The molecule has 1 aliphatic rings. The van der Waals surface area contributed by atoms with Gasteiger partial charge >= 0.3 is 6.03 Å². The molecule has 9 heteroatoms. The Morgan fingerprint density at radius 2 is 2.10 bits per heavy atom. The Hall–Kier alpha value is -3.59. The number of anilines is 2. The molecule has 0 atom stereocenters. The zero-order chi connectivity index (χ0) is 19.6. The summed E-state index contributed by atoms with van der Waals surface area (Å²) in [4.78, 5) is 33.7. The summed E-state index contributed by atoms with van der Waals surface area (Å²) in [6, 6.07) is 5.23. The number of aromatic amines is 1. The average molecular weight is 403 g/mol. The van der Waals surface area contributed by atoms with Gasteiger partial charge in [0.2, 0.25) is 0 Å². The van der Waals surface area contributed by atoms with E-state index in [1.807, 2.05) is 24.3 Å². The number of carbonyl (C=O) groups is 1. The van der Waals surface area contributed by atoms with Crippen LogP contribution in [0.5, 0.6) is 0 Å². The summed E-state index contributed by atoms with van der Waals surface area (Å²) in [5.41, 5.74) is 5.53. The average Bonchev–Trinajstić information content (AvgIpc) is 3.47. The van der Waals surface area contributed by atoms with Crippen LogP contribution in [-0.2, 0) is 19.3 Å². The monoisotopic (exact) mass is 403 g/mol. The number of allylic oxidation sites excluding steroid dienone is 1. The molecule has 0 bridgehead atoms. The number of benzene rings is 1. The normalized spacial score (nSPS) is 12.3. The highest BCUT2D eigenvalue weighted by molar-refractivity contribution is 7.15. The number of H-pyrrole nitrogens is 1. The van der Waals surface area contributed by atoms with Crippen molar-refractivity contribution in [2.75, 3.05) is 10.6 Å². The molecule has 29 heavy (non-hydrogen) atoms. The van der Waals surface area contributed by atoms with E-state index in [1.54, 1.807) is 18.9 Å². The predicted octanol–water partition coefficient (Wildman–Crippen LogP) is 3.81. The van der Waals surface area contributed by atoms with Crippen LogP contribution in [0.3, 0.4) is 0 Å². The number of para-hydroxylation sites is 1. The van der Waals surface area contributed by atoms with Gasteiger partial charge in [0.05, 0.1) is 23.2 Å². The van der Waals surface area contributed by atoms with Crippen molar-refractivity contribution in [3.8, 4) is 0 Å². The number of hydrogen-bond acceptors (Lipinski definition) is 6. The Morgan fingerprint density at radius 1 is 1.14 bits per heavy atom. The lowest BCUT2D eigenvalue weighted by Crippen LogP contribution is -2.19. The van der Waals surface area contributed by atoms with Gasteiger partial charge in [-0.2, -0.15) is 0 Å². The second-order valence-electron chi connectivity index (χ2n) is 6.61. The van der Waals surface area contributed by atoms with E-state index in [1.165, 1.54) is 16.9 Å². The number of urea groups is 1. The number of aromatic nitrogens is 5. The number of fused-ring (bicyclic) bond motifs is 2. The molecule has 0 radical (unpaired) electrons. The molecule has 1 aliphatic carbocycles. The van der Waals surface area contributed by atoms with Crippen LogP contribution in [-0.4, -0.2) is 31.0 Å². The van der Waals surface area contributed by atoms with Crippen LogP contribution in [0.25, 0.3) is 17.1 Å². The molecule has 0 aliphatic heterocycles. The van der Waals surface area contributed by atoms with Crippen LogP contribution >= 0.6 is 11.3 Å². The van der Waals surface area contributed by atoms with Gasteiger partial charge in [-0.15, -0.1) is 11.3 Å². The summed E-state index contributed by atoms with van der Waals surface area (Å²) in [5, 5.41) is 6.17. The lowest BCUT2D eigenvalue weighted by atomic mass is 10.1. The van der Waals surface area contributed by atoms with Gasteiger partial charge in [-0.25, -0.2) is 24.7 Å². The first-order valence-electron chi connectivity index (χ1n) is 9.20. The Kier molecular flexibility index (Phi) is 4.49. The highest BCUT2D eigenvalue weighted by Gasteiger charge is 2.14. The zero-order valence-corrected chi connectivity index (χ0v) is 16.2. The molecular formula is C20H17N7OS. The molecule has 0 fully saturated rings. The van der Waals surface area contributed by atoms with Crippen molar-refractivity contribution in [1.82, 2.24) is 24.9 Å². The quantitative estimate of drug-likeness (QED) is 0.470. The number of hydrogen-bond donors (Lipinski definition) is 3. The van der Waals surface area contributed by atoms with Crippen molar-refractivity contribution < 1.29 is 4.79 Å². The molecule has 2 amide bonds. The molecule has 144 valence electrons. The molecule has 1 aromatic carbocycles. The van der Waals surface area contributed by atoms with Crippen molar-refractivity contribution in [1.29, 1.82) is 0 Å². The Bertz CT molecular complexity index is 1230. The van der Waals surface area contributed by atoms with Crippen LogP contribution in [0.4, 0.5) is 15.6 Å². The van der Waals surface area contributed by atoms with E-state index in [-0.39, 0.29) is 6.03 Å². The van der Waals surface area contributed by atoms with Crippen LogP contribution in [0, 0.1) is 0 Å². The van der Waals surface area contributed by atoms with Gasteiger partial charge in [0.25, 0.3) is 0 Å². The van der Waals surface area contributed by atoms with E-state index >= 15 is 0 Å². The summed E-state index contributed by atoms with van der Waals surface area (Å²) in [6.45, 7) is 0. The summed E-state index contributed by atoms with van der Waals surface area (Å²) >= 11 is 1.47. The smallest absolute Gasteiger partial charge is 0.325 e. The third kappa shape index (κ3) is 3.59. The van der Waals surface area contributed by atoms with Crippen LogP contribution in [0.1, 0.15) is 21.8 Å². The third-order valence-corrected chi connectivity index (χ3v) is 5.72. The highest BCUT2D eigenvalue weighted by atomic mass is 32.1. The van der Waals surface area contributed by atoms with Crippen molar-refractivity contribution in [2.45, 2.75) is 19.3 Å². The second kappa shape index (κ2) is 7.44. The van der Waals surface area contributed by atoms with Gasteiger partial charge in [0, 0.05) is 22.3 Å². The predicted molar refractivity (Wildman–Crippen MR) is 113 cm³/mol. The third-order valence-electron chi connectivity index (χ3n) is 4.75. The van der Waals surface area contributed by atoms with Gasteiger partial charge < -0.3 is 10.3 Å². The second-order valence-corrected chi connectivity index (χ2v) is 7.72. The first kappa shape index (κ1) is 17.5. The maximum atomic E-state index is 12.3. The maximum absolute atomic E-state index is 12.3. The topological polar surface area (TPSA) is 108 Å². The number of aryl methyl sites for hydroxylation is 2. The number of imidazole rings is 1. The van der Waals surface area contributed by atoms with E-state index in [0.29, 0.717) is 16.3 Å². The summed E-state index contributed by atoms with van der Waals surface area (Å²) in [5.74, 6) is 0. The molecule has 5 rings (SSSR count). The first-order valence-corrected chi connectivity index (χ1v) is 10.0. The zero-order valence-electron chi connectivity index (χ0n) is 15.3. The molecule has 0 saturated heterocycles. The van der Waals surface area contributed by atoms with Gasteiger partial charge in [-0.1, -0.05) is 12.1 Å². The molecule has 8 nitrogen and oxygen atoms in total. The molecule has 3 N–H and O–H groups in total. The molecule has 0 saturated carbocycles. The SMILES string of the molecule is O=C(Nc1ncc(CCc2ncnc3c2CC=C3)s1)Nc1cccc2[nH]cnc12. The summed E-state index contributed by atoms with van der Waals surface area (Å²) < 4.78 is 0. The lowest BCUT2D eigenvalue weighted by Gasteiger charge is -2.06. The van der Waals surface area contributed by atoms with Crippen molar-refractivity contribution in [3.05, 3.63) is 65.0 Å². The largest absolute Gasteiger partial charge is 0.345 e. The van der Waals surface area contributed by atoms with Gasteiger partial charge in [0.15, 0.2) is 5.13 Å². The van der Waals surface area contributed by atoms with E-state index < -0.39 is 0 Å². The van der Waals surface area contributed by atoms with Gasteiger partial charge in [0.1, 0.15) is 11.8 Å². The van der Waals surface area contributed by atoms with E-state index in [2.05, 4.69) is 41.6 Å². The van der Waals surface area contributed by atoms with E-state index in [9.17, 15) is 4.79 Å². The van der Waals surface area contributed by atoms with E-state index in [4.69, 9.17) is 0 Å². The molecule has 3 aromatic heterocycles. The number of rotatable bonds is 5. The van der Waals surface area contributed by atoms with Gasteiger partial charge in [-0.3, -0.25) is 5.32 Å². The fourth-order valence-electron chi connectivity index (χ4n) is 3.37. The Balaban J connectivity index is 1.21. The Morgan fingerprint density at radius 3 is 3.07 bits per heavy atom. The fraction of sp³-hybridized carbons (Fsp3) is 0.150. The summed E-state index contributed by atoms with van der Waals surface area (Å²) in [6.07, 6.45) is 11.7. The molecule has 0 spiro atoms. The molecule has 0 unspecified atom stereocenters. The number of carbonyl (C=O) groups excluding carboxylic acids is 1. The minimum atomic E-state index is -0.346. The first-order chi connectivity index (χ1) is 14.3. The molecular weight excluding hydrogens is 386 g/mol. The van der Waals surface area contributed by atoms with Crippen LogP contribution in [0.2, 0.25) is 0 Å². The lowest BCUT2D eigenvalue weighted by molar-refractivity contribution is 0.262. The number of thiazole rings is 1. The molecule has 3 heterocycles. The highest BCUT2D eigenvalue weighted by Crippen LogP contribution is 2.24. The van der Waals surface area contributed by atoms with Crippen LogP contribution in [0.15, 0.2) is 43.1 Å². The van der Waals surface area contributed by atoms with Gasteiger partial charge in [-0.05, 0) is 37.5 Å². The van der Waals surface area contributed by atoms with Crippen molar-refractivity contribution in [3.63, 3.8) is 0 Å². The Labute approximate surface area is 170 Å². The number of nitrogens with zero attached hydrogens (tertiary/aromatic N) is 4. The summed E-state index contributed by atoms with van der Waals surface area (Å²) in [7, 11) is 0. The minimum Gasteiger partial charge on any atom is -0.345 e. The fourth-order valence-corrected chi connectivity index (χ4v) is 4.18. The number of nitrogens with one attached hydrogen (secondary N) is 3. The van der Waals surface area contributed by atoms with E-state index in [0.717, 1.165) is 41.0 Å². The van der Waals surface area contributed by atoms with Crippen molar-refractivity contribution >= 4 is 45.3 Å². The van der Waals surface area contributed by atoms with Crippen molar-refractivity contribution in [2.24, 2.45) is 0 Å².